The smallest absolute Gasteiger partial charge is 0.269 e. The fraction of sp³-hybridized carbons (Fsp3) is 0.200. The molecule has 20 heavy (non-hydrogen) atoms. The van der Waals surface area contributed by atoms with Crippen LogP contribution in [0, 0.1) is 10.1 Å². The lowest BCUT2D eigenvalue weighted by atomic mass is 10.1. The molecule has 0 N–H and O–H groups in total. The monoisotopic (exact) mass is 270 g/mol. The Morgan fingerprint density at radius 1 is 1.05 bits per heavy atom. The molecule has 0 aromatic heterocycles. The van der Waals surface area contributed by atoms with Crippen LogP contribution in [0.3, 0.4) is 0 Å². The minimum absolute atomic E-state index is 0.117. The standard InChI is InChI=1S/C15H14N2O3/c18-17(19)13-8-6-12(7-9-13)16-10-15(11-16)20-14-4-2-1-3-5-14/h1-9,15H,10-11H2. The highest BCUT2D eigenvalue weighted by Gasteiger charge is 2.28. The minimum atomic E-state index is -0.388. The Labute approximate surface area is 116 Å². The Bertz CT molecular complexity index is 592. The van der Waals surface area contributed by atoms with E-state index in [1.54, 1.807) is 12.1 Å². The van der Waals surface area contributed by atoms with Crippen LogP contribution >= 0.6 is 0 Å². The number of rotatable bonds is 4. The van der Waals surface area contributed by atoms with Crippen LogP contribution in [0.2, 0.25) is 0 Å². The first-order chi connectivity index (χ1) is 9.72. The number of nitrogens with zero attached hydrogens (tertiary/aromatic N) is 2. The van der Waals surface area contributed by atoms with Crippen molar-refractivity contribution in [2.24, 2.45) is 0 Å². The second kappa shape index (κ2) is 5.21. The van der Waals surface area contributed by atoms with Crippen molar-refractivity contribution in [2.45, 2.75) is 6.10 Å². The molecule has 1 aliphatic rings. The summed E-state index contributed by atoms with van der Waals surface area (Å²) in [4.78, 5) is 12.3. The molecule has 3 rings (SSSR count). The van der Waals surface area contributed by atoms with Crippen LogP contribution in [-0.2, 0) is 0 Å². The third kappa shape index (κ3) is 2.56. The highest BCUT2D eigenvalue weighted by atomic mass is 16.6. The maximum absolute atomic E-state index is 10.6. The normalized spacial score (nSPS) is 14.7. The number of benzene rings is 2. The van der Waals surface area contributed by atoms with Crippen molar-refractivity contribution in [1.82, 2.24) is 0 Å². The number of ether oxygens (including phenoxy) is 1. The predicted molar refractivity (Wildman–Crippen MR) is 76.2 cm³/mol. The topological polar surface area (TPSA) is 55.6 Å². The maximum atomic E-state index is 10.6. The van der Waals surface area contributed by atoms with Crippen molar-refractivity contribution < 1.29 is 9.66 Å². The van der Waals surface area contributed by atoms with Gasteiger partial charge in [-0.25, -0.2) is 0 Å². The van der Waals surface area contributed by atoms with Gasteiger partial charge in [0, 0.05) is 17.8 Å². The van der Waals surface area contributed by atoms with Gasteiger partial charge in [-0.1, -0.05) is 18.2 Å². The lowest BCUT2D eigenvalue weighted by molar-refractivity contribution is -0.384. The van der Waals surface area contributed by atoms with Gasteiger partial charge in [-0.05, 0) is 24.3 Å². The third-order valence-electron chi connectivity index (χ3n) is 3.32. The fourth-order valence-corrected chi connectivity index (χ4v) is 2.20. The van der Waals surface area contributed by atoms with Gasteiger partial charge >= 0.3 is 0 Å². The molecule has 5 heteroatoms. The van der Waals surface area contributed by atoms with Crippen LogP contribution in [0.4, 0.5) is 11.4 Å². The highest BCUT2D eigenvalue weighted by molar-refractivity contribution is 5.53. The van der Waals surface area contributed by atoms with Crippen LogP contribution < -0.4 is 9.64 Å². The first-order valence-corrected chi connectivity index (χ1v) is 6.43. The molecule has 1 fully saturated rings. The van der Waals surface area contributed by atoms with Crippen LogP contribution in [-0.4, -0.2) is 24.1 Å². The lowest BCUT2D eigenvalue weighted by Crippen LogP contribution is -2.54. The van der Waals surface area contributed by atoms with E-state index in [4.69, 9.17) is 4.74 Å². The molecular formula is C15H14N2O3. The first kappa shape index (κ1) is 12.5. The average Bonchev–Trinajstić information content (AvgIpc) is 2.44. The van der Waals surface area contributed by atoms with E-state index in [9.17, 15) is 10.1 Å². The van der Waals surface area contributed by atoms with E-state index < -0.39 is 0 Å². The number of anilines is 1. The minimum Gasteiger partial charge on any atom is -0.487 e. The summed E-state index contributed by atoms with van der Waals surface area (Å²) in [6.45, 7) is 1.60. The molecule has 1 heterocycles. The number of para-hydroxylation sites is 1. The molecule has 0 saturated carbocycles. The van der Waals surface area contributed by atoms with Gasteiger partial charge in [0.25, 0.3) is 5.69 Å². The summed E-state index contributed by atoms with van der Waals surface area (Å²) in [7, 11) is 0. The summed E-state index contributed by atoms with van der Waals surface area (Å²) in [5.41, 5.74) is 1.11. The van der Waals surface area contributed by atoms with Crippen molar-refractivity contribution in [1.29, 1.82) is 0 Å². The van der Waals surface area contributed by atoms with E-state index in [2.05, 4.69) is 4.90 Å². The highest BCUT2D eigenvalue weighted by Crippen LogP contribution is 2.25. The zero-order valence-electron chi connectivity index (χ0n) is 10.8. The van der Waals surface area contributed by atoms with Crippen molar-refractivity contribution in [3.05, 3.63) is 64.7 Å². The van der Waals surface area contributed by atoms with Crippen molar-refractivity contribution in [3.8, 4) is 5.75 Å². The maximum Gasteiger partial charge on any atom is 0.269 e. The fourth-order valence-electron chi connectivity index (χ4n) is 2.20. The van der Waals surface area contributed by atoms with Gasteiger partial charge in [0.1, 0.15) is 11.9 Å². The van der Waals surface area contributed by atoms with E-state index in [-0.39, 0.29) is 16.7 Å². The van der Waals surface area contributed by atoms with Gasteiger partial charge in [0.2, 0.25) is 0 Å². The molecule has 0 amide bonds. The molecule has 0 bridgehead atoms. The van der Waals surface area contributed by atoms with Crippen molar-refractivity contribution in [3.63, 3.8) is 0 Å². The Hall–Kier alpha value is -2.56. The summed E-state index contributed by atoms with van der Waals surface area (Å²) in [6, 6.07) is 16.3. The van der Waals surface area contributed by atoms with E-state index >= 15 is 0 Å². The molecule has 0 radical (unpaired) electrons. The first-order valence-electron chi connectivity index (χ1n) is 6.43. The lowest BCUT2D eigenvalue weighted by Gasteiger charge is -2.40. The van der Waals surface area contributed by atoms with Crippen molar-refractivity contribution in [2.75, 3.05) is 18.0 Å². The van der Waals surface area contributed by atoms with Gasteiger partial charge in [0.05, 0.1) is 18.0 Å². The Morgan fingerprint density at radius 3 is 2.30 bits per heavy atom. The van der Waals surface area contributed by atoms with E-state index in [0.717, 1.165) is 24.5 Å². The molecular weight excluding hydrogens is 256 g/mol. The average molecular weight is 270 g/mol. The van der Waals surface area contributed by atoms with E-state index in [0.29, 0.717) is 0 Å². The Morgan fingerprint density at radius 2 is 1.70 bits per heavy atom. The zero-order valence-corrected chi connectivity index (χ0v) is 10.8. The van der Waals surface area contributed by atoms with E-state index in [1.807, 2.05) is 30.3 Å². The number of hydrogen-bond acceptors (Lipinski definition) is 4. The molecule has 0 aliphatic carbocycles. The Balaban J connectivity index is 1.56. The summed E-state index contributed by atoms with van der Waals surface area (Å²) in [5.74, 6) is 0.876. The number of hydrogen-bond donors (Lipinski definition) is 0. The van der Waals surface area contributed by atoms with Crippen LogP contribution in [0.15, 0.2) is 54.6 Å². The quantitative estimate of drug-likeness (QED) is 0.633. The van der Waals surface area contributed by atoms with Crippen LogP contribution in [0.5, 0.6) is 5.75 Å². The SMILES string of the molecule is O=[N+]([O-])c1ccc(N2CC(Oc3ccccc3)C2)cc1. The van der Waals surface area contributed by atoms with Crippen LogP contribution in [0.25, 0.3) is 0 Å². The van der Waals surface area contributed by atoms with E-state index in [1.165, 1.54) is 12.1 Å². The van der Waals surface area contributed by atoms with Crippen molar-refractivity contribution >= 4 is 11.4 Å². The molecule has 0 unspecified atom stereocenters. The Kier molecular flexibility index (Phi) is 3.25. The molecule has 0 atom stereocenters. The summed E-state index contributed by atoms with van der Waals surface area (Å²) < 4.78 is 5.81. The molecule has 5 nitrogen and oxygen atoms in total. The van der Waals surface area contributed by atoms with Gasteiger partial charge in [0.15, 0.2) is 0 Å². The third-order valence-corrected chi connectivity index (χ3v) is 3.32. The molecule has 1 aliphatic heterocycles. The van der Waals surface area contributed by atoms with Gasteiger partial charge in [-0.3, -0.25) is 10.1 Å². The van der Waals surface area contributed by atoms with Gasteiger partial charge < -0.3 is 9.64 Å². The molecule has 102 valence electrons. The summed E-state index contributed by atoms with van der Waals surface area (Å²) in [6.07, 6.45) is 0.174. The molecule has 2 aromatic rings. The summed E-state index contributed by atoms with van der Waals surface area (Å²) in [5, 5.41) is 10.6. The molecule has 1 saturated heterocycles. The zero-order chi connectivity index (χ0) is 13.9. The number of non-ortho nitro benzene ring substituents is 1. The van der Waals surface area contributed by atoms with Crippen LogP contribution in [0.1, 0.15) is 0 Å². The second-order valence-electron chi connectivity index (χ2n) is 4.73. The van der Waals surface area contributed by atoms with Gasteiger partial charge in [-0.2, -0.15) is 0 Å². The number of nitro groups is 1. The molecule has 0 spiro atoms. The molecule has 2 aromatic carbocycles. The van der Waals surface area contributed by atoms with Gasteiger partial charge in [-0.15, -0.1) is 0 Å². The predicted octanol–water partition coefficient (Wildman–Crippen LogP) is 2.86. The number of nitro benzene ring substituents is 1. The summed E-state index contributed by atoms with van der Waals surface area (Å²) >= 11 is 0. The second-order valence-corrected chi connectivity index (χ2v) is 4.73. The largest absolute Gasteiger partial charge is 0.487 e.